The van der Waals surface area contributed by atoms with Crippen molar-refractivity contribution >= 4 is 34.9 Å². The fraction of sp³-hybridized carbons (Fsp3) is 0.333. The van der Waals surface area contributed by atoms with E-state index in [0.29, 0.717) is 11.5 Å². The van der Waals surface area contributed by atoms with Crippen molar-refractivity contribution in [1.29, 1.82) is 0 Å². The van der Waals surface area contributed by atoms with Crippen LogP contribution in [0.1, 0.15) is 0 Å². The molecule has 4 bridgehead atoms. The van der Waals surface area contributed by atoms with E-state index in [1.807, 2.05) is 36.4 Å². The highest BCUT2D eigenvalue weighted by Gasteiger charge is 2.64. The number of ether oxygens (including phenoxy) is 7. The van der Waals surface area contributed by atoms with Crippen molar-refractivity contribution in [3.8, 4) is 11.5 Å². The Morgan fingerprint density at radius 3 is 1.55 bits per heavy atom. The van der Waals surface area contributed by atoms with Crippen LogP contribution in [0, 0.1) is 0 Å². The first kappa shape index (κ1) is 20.6. The van der Waals surface area contributed by atoms with E-state index < -0.39 is 43.1 Å². The number of thiocarbonyl (C=S) groups is 2. The lowest BCUT2D eigenvalue weighted by Gasteiger charge is -2.56. The summed E-state index contributed by atoms with van der Waals surface area (Å²) in [7, 11) is 0. The van der Waals surface area contributed by atoms with E-state index in [2.05, 4.69) is 0 Å². The second-order valence-corrected chi connectivity index (χ2v) is 7.74. The molecule has 4 aliphatic rings. The summed E-state index contributed by atoms with van der Waals surface area (Å²) in [6.45, 7) is -0.935. The highest BCUT2D eigenvalue weighted by Crippen LogP contribution is 2.42. The Bertz CT molecular complexity index is 869. The van der Waals surface area contributed by atoms with Crippen LogP contribution < -0.4 is 9.47 Å². The number of aliphatic hydroxyl groups excluding tert-OH is 1. The van der Waals surface area contributed by atoms with Crippen LogP contribution in [0.3, 0.4) is 0 Å². The van der Waals surface area contributed by atoms with Crippen molar-refractivity contribution in [3.63, 3.8) is 0 Å². The Labute approximate surface area is 188 Å². The molecule has 6 rings (SSSR count). The van der Waals surface area contributed by atoms with Gasteiger partial charge in [0, 0.05) is 24.4 Å². The summed E-state index contributed by atoms with van der Waals surface area (Å²) >= 11 is 10.5. The first-order chi connectivity index (χ1) is 15.1. The van der Waals surface area contributed by atoms with E-state index in [1.54, 1.807) is 24.3 Å². The van der Waals surface area contributed by atoms with Gasteiger partial charge in [0.15, 0.2) is 12.2 Å². The number of aliphatic hydroxyl groups is 1. The maximum Gasteiger partial charge on any atom is 0.358 e. The highest BCUT2D eigenvalue weighted by molar-refractivity contribution is 7.80. The van der Waals surface area contributed by atoms with Gasteiger partial charge in [0.25, 0.3) is 6.48 Å². The molecule has 0 spiro atoms. The van der Waals surface area contributed by atoms with Gasteiger partial charge in [-0.15, -0.1) is 0 Å². The normalized spacial score (nSPS) is 32.9. The van der Waals surface area contributed by atoms with Crippen molar-refractivity contribution < 1.29 is 38.3 Å². The van der Waals surface area contributed by atoms with Crippen LogP contribution in [0.5, 0.6) is 11.5 Å². The maximum absolute atomic E-state index is 10.7. The first-order valence-electron chi connectivity index (χ1n) is 9.60. The number of hydrogen-bond donors (Lipinski definition) is 1. The molecule has 31 heavy (non-hydrogen) atoms. The maximum atomic E-state index is 10.7. The SMILES string of the molecule is OC1[C@H]2OC3OC([C@H]2OC(=S)Oc2ccccc2)[C@@H](OC(=S)Oc2ccccc2)[C@H]1O3. The van der Waals surface area contributed by atoms with E-state index in [9.17, 15) is 5.11 Å². The molecule has 7 atom stereocenters. The first-order valence-corrected chi connectivity index (χ1v) is 10.4. The molecule has 2 aromatic carbocycles. The topological polar surface area (TPSA) is 84.8 Å². The van der Waals surface area contributed by atoms with Crippen LogP contribution >= 0.6 is 24.4 Å². The van der Waals surface area contributed by atoms with Gasteiger partial charge in [-0.05, 0) is 24.3 Å². The molecule has 3 aliphatic heterocycles. The van der Waals surface area contributed by atoms with Gasteiger partial charge in [0.2, 0.25) is 0 Å². The second-order valence-electron chi connectivity index (χ2n) is 7.08. The molecule has 3 unspecified atom stereocenters. The second kappa shape index (κ2) is 8.65. The van der Waals surface area contributed by atoms with E-state index in [-0.39, 0.29) is 10.5 Å². The smallest absolute Gasteiger partial charge is 0.358 e. The summed E-state index contributed by atoms with van der Waals surface area (Å²) in [4.78, 5) is 0. The molecule has 1 N–H and O–H groups in total. The standard InChI is InChI=1S/C21H18O8S2/c22-13-14-16(28-20(30)23-11-7-3-1-4-8-11)18-17(15(13)26-19(25-14)27-18)29-21(31)24-12-9-5-2-6-10-12/h1-10,13-19,22H/t13?,14-,15+,16-,17-,18?,19?/m0/s1. The molecule has 0 amide bonds. The largest absolute Gasteiger partial charge is 0.447 e. The van der Waals surface area contributed by atoms with Crippen molar-refractivity contribution in [3.05, 3.63) is 60.7 Å². The summed E-state index contributed by atoms with van der Waals surface area (Å²) in [6, 6.07) is 17.9. The molecular weight excluding hydrogens is 444 g/mol. The minimum Gasteiger partial charge on any atom is -0.447 e. The fourth-order valence-electron chi connectivity index (χ4n) is 3.80. The fourth-order valence-corrected chi connectivity index (χ4v) is 4.21. The van der Waals surface area contributed by atoms with Gasteiger partial charge >= 0.3 is 10.5 Å². The Morgan fingerprint density at radius 2 is 1.10 bits per heavy atom. The predicted molar refractivity (Wildman–Crippen MR) is 113 cm³/mol. The van der Waals surface area contributed by atoms with Crippen molar-refractivity contribution in [2.75, 3.05) is 0 Å². The van der Waals surface area contributed by atoms with Crippen LogP contribution in [0.25, 0.3) is 0 Å². The van der Waals surface area contributed by atoms with Gasteiger partial charge in [-0.25, -0.2) is 0 Å². The summed E-state index contributed by atoms with van der Waals surface area (Å²) < 4.78 is 39.7. The summed E-state index contributed by atoms with van der Waals surface area (Å²) in [5, 5.41) is 10.5. The summed E-state index contributed by atoms with van der Waals surface area (Å²) in [6.07, 6.45) is -4.79. The number of hydrogen-bond acceptors (Lipinski definition) is 10. The van der Waals surface area contributed by atoms with Gasteiger partial charge in [0.05, 0.1) is 0 Å². The van der Waals surface area contributed by atoms with Crippen molar-refractivity contribution in [2.24, 2.45) is 0 Å². The lowest BCUT2D eigenvalue weighted by atomic mass is 9.82. The molecule has 0 aromatic heterocycles. The molecule has 2 aromatic rings. The minimum atomic E-state index is -1.05. The molecule has 4 fully saturated rings. The molecule has 3 saturated heterocycles. The third-order valence-electron chi connectivity index (χ3n) is 5.13. The number of para-hydroxylation sites is 2. The van der Waals surface area contributed by atoms with Gasteiger partial charge in [-0.1, -0.05) is 36.4 Å². The molecule has 162 valence electrons. The third-order valence-corrected chi connectivity index (χ3v) is 5.49. The molecule has 8 nitrogen and oxygen atoms in total. The Morgan fingerprint density at radius 1 is 0.677 bits per heavy atom. The lowest BCUT2D eigenvalue weighted by Crippen LogP contribution is -2.76. The average molecular weight is 463 g/mol. The molecular formula is C21H18O8S2. The van der Waals surface area contributed by atoms with Crippen molar-refractivity contribution in [2.45, 2.75) is 43.1 Å². The summed E-state index contributed by atoms with van der Waals surface area (Å²) in [5.74, 6) is 1.04. The number of benzene rings is 2. The quantitative estimate of drug-likeness (QED) is 0.684. The monoisotopic (exact) mass is 462 g/mol. The minimum absolute atomic E-state index is 0.133. The Hall–Kier alpha value is -2.34. The molecule has 0 radical (unpaired) electrons. The Balaban J connectivity index is 1.29. The highest BCUT2D eigenvalue weighted by atomic mass is 32.1. The van der Waals surface area contributed by atoms with Crippen LogP contribution in [-0.2, 0) is 23.7 Å². The van der Waals surface area contributed by atoms with Gasteiger partial charge < -0.3 is 38.3 Å². The lowest BCUT2D eigenvalue weighted by molar-refractivity contribution is -0.478. The molecule has 10 heteroatoms. The van der Waals surface area contributed by atoms with Crippen LogP contribution in [0.4, 0.5) is 0 Å². The Kier molecular flexibility index (Phi) is 5.74. The zero-order valence-electron chi connectivity index (χ0n) is 15.9. The predicted octanol–water partition coefficient (Wildman–Crippen LogP) is 2.33. The van der Waals surface area contributed by atoms with Gasteiger partial charge in [0.1, 0.15) is 35.9 Å². The van der Waals surface area contributed by atoms with E-state index >= 15 is 0 Å². The zero-order chi connectivity index (χ0) is 21.4. The molecule has 1 saturated carbocycles. The summed E-state index contributed by atoms with van der Waals surface area (Å²) in [5.41, 5.74) is 0. The van der Waals surface area contributed by atoms with Crippen LogP contribution in [0.15, 0.2) is 60.7 Å². The van der Waals surface area contributed by atoms with Crippen LogP contribution in [0.2, 0.25) is 0 Å². The number of rotatable bonds is 4. The average Bonchev–Trinajstić information content (AvgIpc) is 2.77. The van der Waals surface area contributed by atoms with Crippen molar-refractivity contribution in [1.82, 2.24) is 0 Å². The van der Waals surface area contributed by atoms with Gasteiger partial charge in [-0.2, -0.15) is 0 Å². The van der Waals surface area contributed by atoms with Crippen LogP contribution in [-0.4, -0.2) is 58.7 Å². The molecule has 1 aliphatic carbocycles. The zero-order valence-corrected chi connectivity index (χ0v) is 17.6. The van der Waals surface area contributed by atoms with E-state index in [0.717, 1.165) is 0 Å². The van der Waals surface area contributed by atoms with E-state index in [1.165, 1.54) is 0 Å². The van der Waals surface area contributed by atoms with E-state index in [4.69, 9.17) is 57.6 Å². The third kappa shape index (κ3) is 4.22. The molecule has 3 heterocycles. The van der Waals surface area contributed by atoms with Gasteiger partial charge in [-0.3, -0.25) is 0 Å².